The van der Waals surface area contributed by atoms with Gasteiger partial charge in [0.1, 0.15) is 5.75 Å². The fourth-order valence-electron chi connectivity index (χ4n) is 5.01. The van der Waals surface area contributed by atoms with Gasteiger partial charge in [-0.05, 0) is 80.1 Å². The average molecular weight is 326 g/mol. The fourth-order valence-corrected chi connectivity index (χ4v) is 5.01. The summed E-state index contributed by atoms with van der Waals surface area (Å²) in [5.74, 6) is 1.86. The first kappa shape index (κ1) is 15.8. The molecule has 2 aliphatic carbocycles. The fraction of sp³-hybridized carbons (Fsp3) is 0.684. The van der Waals surface area contributed by atoms with Crippen molar-refractivity contribution in [1.82, 2.24) is 4.90 Å². The number of aromatic hydroxyl groups is 1. The molecular formula is C19H26N4O. The van der Waals surface area contributed by atoms with Gasteiger partial charge in [-0.1, -0.05) is 17.2 Å². The molecule has 5 nitrogen and oxygen atoms in total. The number of hydrogen-bond donors (Lipinski definition) is 1. The second-order valence-electron chi connectivity index (χ2n) is 8.00. The number of phenols is 1. The van der Waals surface area contributed by atoms with Gasteiger partial charge in [0.2, 0.25) is 0 Å². The van der Waals surface area contributed by atoms with Crippen LogP contribution in [-0.2, 0) is 5.41 Å². The molecule has 4 rings (SSSR count). The van der Waals surface area contributed by atoms with E-state index in [-0.39, 0.29) is 11.5 Å². The van der Waals surface area contributed by atoms with Crippen LogP contribution in [-0.4, -0.2) is 35.7 Å². The summed E-state index contributed by atoms with van der Waals surface area (Å²) in [6, 6.07) is 7.86. The molecule has 3 aliphatic rings. The van der Waals surface area contributed by atoms with Crippen molar-refractivity contribution in [3.63, 3.8) is 0 Å². The quantitative estimate of drug-likeness (QED) is 0.511. The largest absolute Gasteiger partial charge is 0.508 e. The van der Waals surface area contributed by atoms with Gasteiger partial charge in [0.05, 0.1) is 0 Å². The molecule has 0 radical (unpaired) electrons. The standard InChI is InChI=1S/C19H26N4O/c20-22-21-17-7-6-16-13-23(12-14-4-5-14)9-8-19(16,11-17)15-2-1-3-18(24)10-15/h1-3,10,14,16-17,24H,4-9,11-13H2. The van der Waals surface area contributed by atoms with Crippen molar-refractivity contribution >= 4 is 0 Å². The SMILES string of the molecule is [N-]=[N+]=NC1CCC2CN(CC3CC3)CCC2(c2cccc(O)c2)C1. The van der Waals surface area contributed by atoms with Crippen molar-refractivity contribution < 1.29 is 5.11 Å². The number of benzene rings is 1. The second kappa shape index (κ2) is 6.30. The van der Waals surface area contributed by atoms with Crippen LogP contribution in [0, 0.1) is 11.8 Å². The molecule has 0 spiro atoms. The Morgan fingerprint density at radius 1 is 1.29 bits per heavy atom. The molecule has 128 valence electrons. The number of phenolic OH excluding ortho intramolecular Hbond substituents is 1. The van der Waals surface area contributed by atoms with Crippen LogP contribution in [0.5, 0.6) is 5.75 Å². The molecule has 1 aromatic rings. The van der Waals surface area contributed by atoms with Crippen LogP contribution in [0.15, 0.2) is 29.4 Å². The number of fused-ring (bicyclic) bond motifs is 1. The molecule has 0 amide bonds. The highest BCUT2D eigenvalue weighted by Gasteiger charge is 2.48. The van der Waals surface area contributed by atoms with Crippen LogP contribution in [0.2, 0.25) is 0 Å². The van der Waals surface area contributed by atoms with E-state index < -0.39 is 0 Å². The van der Waals surface area contributed by atoms with Gasteiger partial charge in [-0.3, -0.25) is 0 Å². The minimum atomic E-state index is 0.0515. The summed E-state index contributed by atoms with van der Waals surface area (Å²) in [5.41, 5.74) is 10.2. The Hall–Kier alpha value is -1.71. The van der Waals surface area contributed by atoms with Gasteiger partial charge < -0.3 is 10.0 Å². The maximum atomic E-state index is 9.99. The lowest BCUT2D eigenvalue weighted by molar-refractivity contribution is 0.0471. The molecule has 3 atom stereocenters. The Morgan fingerprint density at radius 2 is 2.17 bits per heavy atom. The van der Waals surface area contributed by atoms with E-state index >= 15 is 0 Å². The number of piperidine rings is 1. The minimum Gasteiger partial charge on any atom is -0.508 e. The van der Waals surface area contributed by atoms with Crippen molar-refractivity contribution in [3.05, 3.63) is 40.3 Å². The molecule has 1 aliphatic heterocycles. The molecule has 5 heteroatoms. The van der Waals surface area contributed by atoms with Crippen LogP contribution in [0.25, 0.3) is 10.4 Å². The van der Waals surface area contributed by atoms with Crippen molar-refractivity contribution in [2.24, 2.45) is 17.0 Å². The summed E-state index contributed by atoms with van der Waals surface area (Å²) in [6.45, 7) is 3.52. The van der Waals surface area contributed by atoms with Crippen LogP contribution >= 0.6 is 0 Å². The Balaban J connectivity index is 1.62. The number of rotatable bonds is 4. The number of likely N-dealkylation sites (tertiary alicyclic amines) is 1. The number of azide groups is 1. The van der Waals surface area contributed by atoms with E-state index in [0.29, 0.717) is 11.7 Å². The Bertz CT molecular complexity index is 653. The van der Waals surface area contributed by atoms with Crippen molar-refractivity contribution in [3.8, 4) is 5.75 Å². The molecule has 1 saturated heterocycles. The predicted octanol–water partition coefficient (Wildman–Crippen LogP) is 4.22. The third kappa shape index (κ3) is 2.99. The minimum absolute atomic E-state index is 0.0515. The van der Waals surface area contributed by atoms with E-state index in [1.54, 1.807) is 6.07 Å². The first-order valence-electron chi connectivity index (χ1n) is 9.26. The van der Waals surface area contributed by atoms with E-state index in [2.05, 4.69) is 21.0 Å². The molecular weight excluding hydrogens is 300 g/mol. The van der Waals surface area contributed by atoms with E-state index in [0.717, 1.165) is 44.7 Å². The zero-order valence-corrected chi connectivity index (χ0v) is 14.1. The van der Waals surface area contributed by atoms with Crippen LogP contribution in [0.3, 0.4) is 0 Å². The van der Waals surface area contributed by atoms with Crippen LogP contribution < -0.4 is 0 Å². The van der Waals surface area contributed by atoms with Crippen molar-refractivity contribution in [1.29, 1.82) is 0 Å². The van der Waals surface area contributed by atoms with Gasteiger partial charge in [0.25, 0.3) is 0 Å². The first-order chi connectivity index (χ1) is 11.7. The summed E-state index contributed by atoms with van der Waals surface area (Å²) >= 11 is 0. The summed E-state index contributed by atoms with van der Waals surface area (Å²) in [5, 5.41) is 14.0. The second-order valence-corrected chi connectivity index (χ2v) is 8.00. The zero-order chi connectivity index (χ0) is 16.6. The molecule has 0 aromatic heterocycles. The molecule has 2 saturated carbocycles. The lowest BCUT2D eigenvalue weighted by Crippen LogP contribution is -2.53. The van der Waals surface area contributed by atoms with E-state index in [1.807, 2.05) is 12.1 Å². The van der Waals surface area contributed by atoms with E-state index in [9.17, 15) is 5.11 Å². The topological polar surface area (TPSA) is 72.2 Å². The monoisotopic (exact) mass is 326 g/mol. The Morgan fingerprint density at radius 3 is 2.92 bits per heavy atom. The Kier molecular flexibility index (Phi) is 4.15. The van der Waals surface area contributed by atoms with Crippen molar-refractivity contribution in [2.75, 3.05) is 19.6 Å². The third-order valence-corrected chi connectivity index (χ3v) is 6.43. The highest BCUT2D eigenvalue weighted by atomic mass is 16.3. The highest BCUT2D eigenvalue weighted by Crippen LogP contribution is 2.50. The normalized spacial score (nSPS) is 33.5. The summed E-state index contributed by atoms with van der Waals surface area (Å²) in [4.78, 5) is 5.72. The maximum absolute atomic E-state index is 9.99. The Labute approximate surface area is 143 Å². The average Bonchev–Trinajstić information content (AvgIpc) is 3.39. The van der Waals surface area contributed by atoms with Gasteiger partial charge in [0, 0.05) is 29.5 Å². The maximum Gasteiger partial charge on any atom is 0.115 e. The third-order valence-electron chi connectivity index (χ3n) is 6.43. The van der Waals surface area contributed by atoms with E-state index in [4.69, 9.17) is 5.53 Å². The highest BCUT2D eigenvalue weighted by molar-refractivity contribution is 5.35. The lowest BCUT2D eigenvalue weighted by Gasteiger charge is -2.52. The first-order valence-corrected chi connectivity index (χ1v) is 9.26. The summed E-state index contributed by atoms with van der Waals surface area (Å²) < 4.78 is 0. The molecule has 1 N–H and O–H groups in total. The van der Waals surface area contributed by atoms with Gasteiger partial charge in [-0.25, -0.2) is 0 Å². The molecule has 1 heterocycles. The molecule has 24 heavy (non-hydrogen) atoms. The van der Waals surface area contributed by atoms with Gasteiger partial charge >= 0.3 is 0 Å². The molecule has 1 aromatic carbocycles. The smallest absolute Gasteiger partial charge is 0.115 e. The van der Waals surface area contributed by atoms with Gasteiger partial charge in [0.15, 0.2) is 0 Å². The lowest BCUT2D eigenvalue weighted by atomic mass is 9.58. The van der Waals surface area contributed by atoms with Gasteiger partial charge in [-0.2, -0.15) is 0 Å². The zero-order valence-electron chi connectivity index (χ0n) is 14.1. The van der Waals surface area contributed by atoms with Gasteiger partial charge in [-0.15, -0.1) is 0 Å². The van der Waals surface area contributed by atoms with Crippen LogP contribution in [0.4, 0.5) is 0 Å². The van der Waals surface area contributed by atoms with Crippen molar-refractivity contribution in [2.45, 2.75) is 50.0 Å². The number of nitrogens with zero attached hydrogens (tertiary/aromatic N) is 4. The van der Waals surface area contributed by atoms with E-state index in [1.165, 1.54) is 24.9 Å². The summed E-state index contributed by atoms with van der Waals surface area (Å²) in [7, 11) is 0. The summed E-state index contributed by atoms with van der Waals surface area (Å²) in [6.07, 6.45) is 6.93. The molecule has 0 bridgehead atoms. The number of hydrogen-bond acceptors (Lipinski definition) is 3. The van der Waals surface area contributed by atoms with Crippen LogP contribution in [0.1, 0.15) is 44.1 Å². The molecule has 3 unspecified atom stereocenters. The molecule has 3 fully saturated rings. The predicted molar refractivity (Wildman–Crippen MR) is 93.8 cm³/mol.